The van der Waals surface area contributed by atoms with E-state index in [2.05, 4.69) is 27.0 Å². The van der Waals surface area contributed by atoms with Gasteiger partial charge in [-0.1, -0.05) is 30.0 Å². The normalized spacial score (nSPS) is 14.9. The molecule has 0 spiro atoms. The van der Waals surface area contributed by atoms with E-state index in [0.29, 0.717) is 23.9 Å². The number of hydrogen-bond acceptors (Lipinski definition) is 5. The number of para-hydroxylation sites is 1. The molecule has 23 heavy (non-hydrogen) atoms. The van der Waals surface area contributed by atoms with Gasteiger partial charge in [-0.05, 0) is 31.4 Å². The smallest absolute Gasteiger partial charge is 0.272 e. The van der Waals surface area contributed by atoms with E-state index in [1.54, 1.807) is 6.07 Å². The van der Waals surface area contributed by atoms with Crippen molar-refractivity contribution in [2.75, 3.05) is 37.3 Å². The predicted octanol–water partition coefficient (Wildman–Crippen LogP) is 2.47. The van der Waals surface area contributed by atoms with Crippen molar-refractivity contribution >= 4 is 23.4 Å². The van der Waals surface area contributed by atoms with Crippen molar-refractivity contribution in [3.8, 4) is 0 Å². The van der Waals surface area contributed by atoms with Gasteiger partial charge in [0.2, 0.25) is 0 Å². The van der Waals surface area contributed by atoms with Crippen molar-refractivity contribution in [3.05, 3.63) is 47.8 Å². The molecule has 0 radical (unpaired) electrons. The molecule has 1 aromatic carbocycles. The fourth-order valence-corrected chi connectivity index (χ4v) is 3.14. The van der Waals surface area contributed by atoms with Crippen LogP contribution in [0.4, 0.5) is 5.69 Å². The van der Waals surface area contributed by atoms with Crippen molar-refractivity contribution in [3.63, 3.8) is 0 Å². The van der Waals surface area contributed by atoms with Crippen LogP contribution in [0.2, 0.25) is 0 Å². The molecular weight excluding hydrogens is 308 g/mol. The number of nitrogens with zero attached hydrogens (tertiary/aromatic N) is 4. The molecule has 0 atom stereocenters. The summed E-state index contributed by atoms with van der Waals surface area (Å²) < 4.78 is 0. The van der Waals surface area contributed by atoms with Gasteiger partial charge in [0.05, 0.1) is 0 Å². The number of piperazine rings is 1. The van der Waals surface area contributed by atoms with Crippen molar-refractivity contribution in [2.24, 2.45) is 0 Å². The van der Waals surface area contributed by atoms with Crippen LogP contribution in [0.1, 0.15) is 16.2 Å². The maximum absolute atomic E-state index is 12.7. The highest BCUT2D eigenvalue weighted by molar-refractivity contribution is 7.98. The second-order valence-electron chi connectivity index (χ2n) is 5.50. The van der Waals surface area contributed by atoms with Crippen molar-refractivity contribution in [2.45, 2.75) is 12.1 Å². The fourth-order valence-electron chi connectivity index (χ4n) is 2.71. The Bertz CT molecular complexity index is 684. The molecule has 1 fully saturated rings. The second-order valence-corrected chi connectivity index (χ2v) is 6.27. The van der Waals surface area contributed by atoms with Crippen LogP contribution in [0.15, 0.2) is 41.6 Å². The number of aryl methyl sites for hydroxylation is 1. The average molecular weight is 328 g/mol. The molecule has 0 aliphatic carbocycles. The number of amides is 1. The van der Waals surface area contributed by atoms with E-state index in [4.69, 9.17) is 0 Å². The van der Waals surface area contributed by atoms with Gasteiger partial charge in [0, 0.05) is 37.6 Å². The van der Waals surface area contributed by atoms with Crippen molar-refractivity contribution < 1.29 is 4.79 Å². The minimum Gasteiger partial charge on any atom is -0.368 e. The zero-order valence-corrected chi connectivity index (χ0v) is 14.2. The summed E-state index contributed by atoms with van der Waals surface area (Å²) in [6.45, 7) is 5.01. The number of carbonyl (C=O) groups excluding carboxylic acids is 1. The van der Waals surface area contributed by atoms with Crippen LogP contribution in [-0.2, 0) is 0 Å². The molecule has 5 nitrogen and oxygen atoms in total. The molecule has 0 bridgehead atoms. The standard InChI is InChI=1S/C17H20N4OS/c1-13-12-15(19-17(18-13)23-2)16(22)21-10-8-20(9-11-21)14-6-4-3-5-7-14/h3-7,12H,8-11H2,1-2H3. The lowest BCUT2D eigenvalue weighted by Crippen LogP contribution is -2.49. The minimum absolute atomic E-state index is 0.00138. The molecule has 2 aromatic rings. The third-order valence-corrected chi connectivity index (χ3v) is 4.47. The molecule has 120 valence electrons. The molecule has 0 N–H and O–H groups in total. The highest BCUT2D eigenvalue weighted by Gasteiger charge is 2.23. The molecular formula is C17H20N4OS. The molecule has 1 aliphatic heterocycles. The first-order valence-corrected chi connectivity index (χ1v) is 8.89. The fraction of sp³-hybridized carbons (Fsp3) is 0.353. The second kappa shape index (κ2) is 7.00. The summed E-state index contributed by atoms with van der Waals surface area (Å²) in [6.07, 6.45) is 1.92. The van der Waals surface area contributed by atoms with Gasteiger partial charge < -0.3 is 9.80 Å². The molecule has 0 saturated carbocycles. The Morgan fingerprint density at radius 1 is 1.09 bits per heavy atom. The molecule has 2 heterocycles. The predicted molar refractivity (Wildman–Crippen MR) is 93.1 cm³/mol. The third-order valence-electron chi connectivity index (χ3n) is 3.92. The summed E-state index contributed by atoms with van der Waals surface area (Å²) in [5, 5.41) is 0.649. The summed E-state index contributed by atoms with van der Waals surface area (Å²) in [5.41, 5.74) is 2.53. The lowest BCUT2D eigenvalue weighted by Gasteiger charge is -2.36. The molecule has 1 aliphatic rings. The summed E-state index contributed by atoms with van der Waals surface area (Å²) in [5.74, 6) is -0.00138. The number of hydrogen-bond donors (Lipinski definition) is 0. The van der Waals surface area contributed by atoms with E-state index in [1.165, 1.54) is 17.4 Å². The molecule has 1 amide bonds. The first-order valence-electron chi connectivity index (χ1n) is 7.66. The van der Waals surface area contributed by atoms with Crippen LogP contribution in [-0.4, -0.2) is 53.2 Å². The van der Waals surface area contributed by atoms with E-state index in [0.717, 1.165) is 18.8 Å². The number of aromatic nitrogens is 2. The van der Waals surface area contributed by atoms with Gasteiger partial charge in [-0.25, -0.2) is 9.97 Å². The summed E-state index contributed by atoms with van der Waals surface area (Å²) in [7, 11) is 0. The highest BCUT2D eigenvalue weighted by atomic mass is 32.2. The van der Waals surface area contributed by atoms with E-state index in [1.807, 2.05) is 36.3 Å². The molecule has 3 rings (SSSR count). The van der Waals surface area contributed by atoms with E-state index in [9.17, 15) is 4.79 Å². The van der Waals surface area contributed by atoms with Gasteiger partial charge in [0.25, 0.3) is 5.91 Å². The van der Waals surface area contributed by atoms with Gasteiger partial charge in [0.1, 0.15) is 5.69 Å². The lowest BCUT2D eigenvalue weighted by molar-refractivity contribution is 0.0739. The lowest BCUT2D eigenvalue weighted by atomic mass is 10.2. The Hall–Kier alpha value is -2.08. The van der Waals surface area contributed by atoms with E-state index >= 15 is 0 Å². The minimum atomic E-state index is -0.00138. The Balaban J connectivity index is 1.68. The summed E-state index contributed by atoms with van der Waals surface area (Å²) in [6, 6.07) is 12.1. The summed E-state index contributed by atoms with van der Waals surface area (Å²) >= 11 is 1.46. The maximum atomic E-state index is 12.7. The van der Waals surface area contributed by atoms with Crippen molar-refractivity contribution in [1.29, 1.82) is 0 Å². The summed E-state index contributed by atoms with van der Waals surface area (Å²) in [4.78, 5) is 25.5. The third kappa shape index (κ3) is 3.64. The number of benzene rings is 1. The molecule has 1 aromatic heterocycles. The van der Waals surface area contributed by atoms with Crippen molar-refractivity contribution in [1.82, 2.24) is 14.9 Å². The zero-order chi connectivity index (χ0) is 16.2. The van der Waals surface area contributed by atoms with Gasteiger partial charge in [0.15, 0.2) is 5.16 Å². The van der Waals surface area contributed by atoms with Crippen LogP contribution in [0.25, 0.3) is 0 Å². The van der Waals surface area contributed by atoms with Gasteiger partial charge in [-0.2, -0.15) is 0 Å². The Morgan fingerprint density at radius 2 is 1.78 bits per heavy atom. The van der Waals surface area contributed by atoms with E-state index in [-0.39, 0.29) is 5.91 Å². The van der Waals surface area contributed by atoms with Gasteiger partial charge in [-0.3, -0.25) is 4.79 Å². The monoisotopic (exact) mass is 328 g/mol. The number of thioether (sulfide) groups is 1. The van der Waals surface area contributed by atoms with Crippen LogP contribution >= 0.6 is 11.8 Å². The number of carbonyl (C=O) groups is 1. The number of rotatable bonds is 3. The van der Waals surface area contributed by atoms with E-state index < -0.39 is 0 Å². The van der Waals surface area contributed by atoms with Crippen LogP contribution in [0.5, 0.6) is 0 Å². The largest absolute Gasteiger partial charge is 0.368 e. The topological polar surface area (TPSA) is 49.3 Å². The quantitative estimate of drug-likeness (QED) is 0.640. The highest BCUT2D eigenvalue weighted by Crippen LogP contribution is 2.17. The molecule has 6 heteroatoms. The van der Waals surface area contributed by atoms with Crippen LogP contribution in [0, 0.1) is 6.92 Å². The van der Waals surface area contributed by atoms with Gasteiger partial charge in [-0.15, -0.1) is 0 Å². The Morgan fingerprint density at radius 3 is 2.43 bits per heavy atom. The SMILES string of the molecule is CSc1nc(C)cc(C(=O)N2CCN(c3ccccc3)CC2)n1. The first kappa shape index (κ1) is 15.8. The Kier molecular flexibility index (Phi) is 4.81. The molecule has 1 saturated heterocycles. The Labute approximate surface area is 140 Å². The maximum Gasteiger partial charge on any atom is 0.272 e. The van der Waals surface area contributed by atoms with Gasteiger partial charge >= 0.3 is 0 Å². The van der Waals surface area contributed by atoms with Crippen LogP contribution < -0.4 is 4.90 Å². The first-order chi connectivity index (χ1) is 11.2. The van der Waals surface area contributed by atoms with Crippen LogP contribution in [0.3, 0.4) is 0 Å². The molecule has 0 unspecified atom stereocenters. The zero-order valence-electron chi connectivity index (χ0n) is 13.4. The number of anilines is 1. The average Bonchev–Trinajstić information content (AvgIpc) is 2.61.